The van der Waals surface area contributed by atoms with Gasteiger partial charge in [0.2, 0.25) is 5.91 Å². The zero-order valence-corrected chi connectivity index (χ0v) is 26.2. The Labute approximate surface area is 274 Å². The number of nitrogens with zero attached hydrogens (tertiary/aromatic N) is 6. The van der Waals surface area contributed by atoms with E-state index in [0.29, 0.717) is 70.4 Å². The van der Waals surface area contributed by atoms with E-state index in [1.54, 1.807) is 49.4 Å². The number of benzene rings is 2. The minimum absolute atomic E-state index is 0.0865. The predicted molar refractivity (Wildman–Crippen MR) is 171 cm³/mol. The van der Waals surface area contributed by atoms with Crippen molar-refractivity contribution in [1.82, 2.24) is 35.5 Å². The van der Waals surface area contributed by atoms with Gasteiger partial charge in [0, 0.05) is 33.6 Å². The molecule has 15 nitrogen and oxygen atoms in total. The molecule has 2 amide bonds. The Kier molecular flexibility index (Phi) is 10.4. The van der Waals surface area contributed by atoms with Gasteiger partial charge in [0.1, 0.15) is 24.3 Å². The van der Waals surface area contributed by atoms with Gasteiger partial charge in [-0.25, -0.2) is 14.6 Å². The zero-order chi connectivity index (χ0) is 33.3. The van der Waals surface area contributed by atoms with Crippen LogP contribution in [0.1, 0.15) is 55.7 Å². The maximum Gasteiger partial charge on any atom is 0.411 e. The lowest BCUT2D eigenvalue weighted by Gasteiger charge is -2.22. The maximum absolute atomic E-state index is 13.3. The molecule has 2 atom stereocenters. The Morgan fingerprint density at radius 3 is 2.77 bits per heavy atom. The number of esters is 1. The Balaban J connectivity index is 1.48. The van der Waals surface area contributed by atoms with Crippen LogP contribution >= 0.6 is 11.6 Å². The number of hydrogen-bond donors (Lipinski definition) is 4. The summed E-state index contributed by atoms with van der Waals surface area (Å²) in [6.45, 7) is 1.93. The van der Waals surface area contributed by atoms with Crippen molar-refractivity contribution in [2.45, 2.75) is 44.7 Å². The highest BCUT2D eigenvalue weighted by atomic mass is 35.5. The number of hydrogen-bond acceptors (Lipinski definition) is 11. The van der Waals surface area contributed by atoms with E-state index >= 15 is 0 Å². The lowest BCUT2D eigenvalue weighted by atomic mass is 10.0. The number of fused-ring (bicyclic) bond motifs is 4. The van der Waals surface area contributed by atoms with Crippen molar-refractivity contribution in [2.75, 3.05) is 24.4 Å². The molecule has 4 aromatic rings. The molecule has 16 heteroatoms. The lowest BCUT2D eigenvalue weighted by molar-refractivity contribution is -0.144. The van der Waals surface area contributed by atoms with E-state index in [1.165, 1.54) is 24.2 Å². The van der Waals surface area contributed by atoms with Gasteiger partial charge in [-0.2, -0.15) is 9.94 Å². The summed E-state index contributed by atoms with van der Waals surface area (Å²) in [6, 6.07) is 10.9. The molecule has 2 aromatic carbocycles. The summed E-state index contributed by atoms with van der Waals surface area (Å²) in [6.07, 6.45) is 5.84. The van der Waals surface area contributed by atoms with Gasteiger partial charge in [0.15, 0.2) is 5.69 Å². The van der Waals surface area contributed by atoms with Crippen LogP contribution in [0.2, 0.25) is 5.02 Å². The second kappa shape index (κ2) is 15.0. The number of carbonyl (C=O) groups excluding carboxylic acids is 3. The van der Waals surface area contributed by atoms with Crippen molar-refractivity contribution in [3.8, 4) is 23.0 Å². The molecule has 0 unspecified atom stereocenters. The summed E-state index contributed by atoms with van der Waals surface area (Å²) in [7, 11) is 1.25. The van der Waals surface area contributed by atoms with Crippen LogP contribution in [-0.4, -0.2) is 67.9 Å². The predicted octanol–water partition coefficient (Wildman–Crippen LogP) is 4.54. The first-order valence-electron chi connectivity index (χ1n) is 14.7. The van der Waals surface area contributed by atoms with Crippen LogP contribution in [0.15, 0.2) is 48.8 Å². The number of tetrazole rings is 1. The highest BCUT2D eigenvalue weighted by molar-refractivity contribution is 6.30. The molecule has 0 fully saturated rings. The molecular weight excluding hydrogens is 628 g/mol. The molecule has 1 aliphatic rings. The van der Waals surface area contributed by atoms with Crippen LogP contribution in [0.25, 0.3) is 23.0 Å². The number of amides is 2. The number of H-pyrrole nitrogens is 1. The van der Waals surface area contributed by atoms with Gasteiger partial charge in [-0.15, -0.1) is 5.10 Å². The largest absolute Gasteiger partial charge is 0.464 e. The number of imidazole rings is 1. The molecule has 0 saturated carbocycles. The normalized spacial score (nSPS) is 16.0. The van der Waals surface area contributed by atoms with Crippen LogP contribution in [-0.2, 0) is 19.1 Å². The second-order valence-electron chi connectivity index (χ2n) is 10.4. The number of aromatic nitrogens is 6. The van der Waals surface area contributed by atoms with Gasteiger partial charge in [-0.05, 0) is 72.7 Å². The third-order valence-electron chi connectivity index (χ3n) is 7.33. The van der Waals surface area contributed by atoms with Crippen LogP contribution in [0, 0.1) is 11.3 Å². The molecule has 0 saturated heterocycles. The van der Waals surface area contributed by atoms with Crippen LogP contribution in [0.5, 0.6) is 0 Å². The van der Waals surface area contributed by atoms with E-state index in [-0.39, 0.29) is 12.3 Å². The summed E-state index contributed by atoms with van der Waals surface area (Å²) in [5.41, 5.74) is 3.06. The second-order valence-corrected chi connectivity index (χ2v) is 10.9. The van der Waals surface area contributed by atoms with Gasteiger partial charge in [0.05, 0.1) is 31.1 Å². The van der Waals surface area contributed by atoms with Crippen LogP contribution < -0.4 is 16.0 Å². The summed E-state index contributed by atoms with van der Waals surface area (Å²) < 4.78 is 11.5. The molecule has 2 aromatic heterocycles. The Morgan fingerprint density at radius 1 is 1.19 bits per heavy atom. The zero-order valence-electron chi connectivity index (χ0n) is 25.5. The number of ether oxygens (including phenoxy) is 2. The minimum Gasteiger partial charge on any atom is -0.464 e. The minimum atomic E-state index is -0.725. The first-order valence-corrected chi connectivity index (χ1v) is 15.1. The van der Waals surface area contributed by atoms with Crippen LogP contribution in [0.4, 0.5) is 16.2 Å². The third kappa shape index (κ3) is 7.92. The van der Waals surface area contributed by atoms with Crippen molar-refractivity contribution >= 4 is 47.0 Å². The number of nitriles is 1. The third-order valence-corrected chi connectivity index (χ3v) is 7.57. The standard InChI is InChI=1S/C31H31ClN10O5/c1-3-47-30(44)23-7-5-4-6-22(37-27(43)13-8-18-14-19(32)9-12-26(18)42-17-34-40-41-42)29-38-25(16-33)28(39-29)21-11-10-20(15-24(21)36-23)35-31(45)46-2/h8-15,17,22-23,36H,3-7H2,1-2H3,(H,35,45)(H,37,43)(H,38,39)/b13-8+/t22-,23+/m0/s1. The molecule has 5 rings (SSSR count). The maximum atomic E-state index is 13.3. The Hall–Kier alpha value is -5.75. The van der Waals surface area contributed by atoms with Crippen molar-refractivity contribution in [3.63, 3.8) is 0 Å². The molecule has 4 N–H and O–H groups in total. The first kappa shape index (κ1) is 32.6. The van der Waals surface area contributed by atoms with E-state index in [2.05, 4.69) is 47.5 Å². The fraction of sp³-hybridized carbons (Fsp3) is 0.290. The Morgan fingerprint density at radius 2 is 2.02 bits per heavy atom. The lowest BCUT2D eigenvalue weighted by Crippen LogP contribution is -2.32. The van der Waals surface area contributed by atoms with E-state index in [9.17, 15) is 19.6 Å². The van der Waals surface area contributed by atoms with Crippen molar-refractivity contribution < 1.29 is 23.9 Å². The van der Waals surface area contributed by atoms with E-state index in [1.807, 2.05) is 0 Å². The quantitative estimate of drug-likeness (QED) is 0.160. The molecule has 0 aliphatic carbocycles. The smallest absolute Gasteiger partial charge is 0.411 e. The van der Waals surface area contributed by atoms with Crippen molar-refractivity contribution in [2.24, 2.45) is 0 Å². The number of nitrogens with one attached hydrogen (secondary N) is 4. The number of anilines is 2. The van der Waals surface area contributed by atoms with E-state index in [4.69, 9.17) is 21.1 Å². The van der Waals surface area contributed by atoms with Gasteiger partial charge < -0.3 is 25.1 Å². The Bertz CT molecular complexity index is 1830. The van der Waals surface area contributed by atoms with Crippen molar-refractivity contribution in [1.29, 1.82) is 5.26 Å². The highest BCUT2D eigenvalue weighted by Gasteiger charge is 2.27. The fourth-order valence-electron chi connectivity index (χ4n) is 5.14. The van der Waals surface area contributed by atoms with Gasteiger partial charge in [-0.3, -0.25) is 10.1 Å². The average Bonchev–Trinajstić information content (AvgIpc) is 3.75. The van der Waals surface area contributed by atoms with Gasteiger partial charge >= 0.3 is 12.1 Å². The fourth-order valence-corrected chi connectivity index (χ4v) is 5.32. The molecule has 242 valence electrons. The molecule has 2 bridgehead atoms. The molecule has 1 aliphatic heterocycles. The van der Waals surface area contributed by atoms with Crippen molar-refractivity contribution in [3.05, 3.63) is 70.9 Å². The number of methoxy groups -OCH3 is 1. The number of halogens is 1. The molecule has 3 heterocycles. The van der Waals surface area contributed by atoms with E-state index in [0.717, 1.165) is 0 Å². The summed E-state index contributed by atoms with van der Waals surface area (Å²) >= 11 is 6.22. The van der Waals surface area contributed by atoms with E-state index < -0.39 is 30.1 Å². The number of aromatic amines is 1. The summed E-state index contributed by atoms with van der Waals surface area (Å²) in [5.74, 6) is -0.462. The molecule has 47 heavy (non-hydrogen) atoms. The molecular formula is C31H31ClN10O5. The number of rotatable bonds is 7. The highest BCUT2D eigenvalue weighted by Crippen LogP contribution is 2.35. The number of carbonyl (C=O) groups is 3. The van der Waals surface area contributed by atoms with Gasteiger partial charge in [0.25, 0.3) is 0 Å². The monoisotopic (exact) mass is 658 g/mol. The first-order chi connectivity index (χ1) is 22.8. The van der Waals surface area contributed by atoms with Crippen LogP contribution in [0.3, 0.4) is 0 Å². The molecule has 0 radical (unpaired) electrons. The molecule has 0 spiro atoms. The topological polar surface area (TPSA) is 202 Å². The summed E-state index contributed by atoms with van der Waals surface area (Å²) in [4.78, 5) is 45.9. The summed E-state index contributed by atoms with van der Waals surface area (Å²) in [5, 5.41) is 30.6. The average molecular weight is 659 g/mol. The SMILES string of the molecule is CCOC(=O)[C@H]1CCCC[C@H](NC(=O)/C=C/c2cc(Cl)ccc2-n2cnnn2)c2nc(C#N)c([nH]2)-c2ccc(NC(=O)OC)cc2N1. The van der Waals surface area contributed by atoms with Gasteiger partial charge in [-0.1, -0.05) is 24.4 Å².